The molecule has 1 aliphatic rings. The molecule has 0 bridgehead atoms. The summed E-state index contributed by atoms with van der Waals surface area (Å²) in [6.45, 7) is 3.45. The first kappa shape index (κ1) is 23.6. The second kappa shape index (κ2) is 10.0. The van der Waals surface area contributed by atoms with E-state index in [0.29, 0.717) is 30.9 Å². The number of carbonyl (C=O) groups is 2. The molecule has 0 spiro atoms. The van der Waals surface area contributed by atoms with Gasteiger partial charge in [0.15, 0.2) is 6.10 Å². The van der Waals surface area contributed by atoms with Gasteiger partial charge in [-0.15, -0.1) is 0 Å². The van der Waals surface area contributed by atoms with Gasteiger partial charge in [-0.1, -0.05) is 24.3 Å². The number of carbonyl (C=O) groups excluding carboxylic acids is 2. The number of anilines is 1. The number of rotatable bonds is 9. The van der Waals surface area contributed by atoms with Crippen LogP contribution in [0.3, 0.4) is 0 Å². The molecule has 2 aromatic rings. The van der Waals surface area contributed by atoms with Crippen molar-refractivity contribution in [1.29, 1.82) is 0 Å². The lowest BCUT2D eigenvalue weighted by Gasteiger charge is -2.18. The maximum absolute atomic E-state index is 12.4. The molecule has 0 radical (unpaired) electrons. The summed E-state index contributed by atoms with van der Waals surface area (Å²) in [6, 6.07) is 14.3. The van der Waals surface area contributed by atoms with Gasteiger partial charge in [0.05, 0.1) is 11.9 Å². The second-order valence-electron chi connectivity index (χ2n) is 7.94. The Labute approximate surface area is 189 Å². The fourth-order valence-corrected chi connectivity index (χ4v) is 3.88. The topological polar surface area (TPSA) is 96.0 Å². The van der Waals surface area contributed by atoms with Crippen LogP contribution < -0.4 is 14.4 Å². The Bertz CT molecular complexity index is 1050. The van der Waals surface area contributed by atoms with Crippen LogP contribution in [0, 0.1) is 0 Å². The van der Waals surface area contributed by atoms with E-state index >= 15 is 0 Å². The molecule has 8 nitrogen and oxygen atoms in total. The van der Waals surface area contributed by atoms with Crippen molar-refractivity contribution in [3.05, 3.63) is 59.7 Å². The Balaban J connectivity index is 1.47. The highest BCUT2D eigenvalue weighted by Gasteiger charge is 2.20. The van der Waals surface area contributed by atoms with Crippen LogP contribution in [-0.4, -0.2) is 51.1 Å². The van der Waals surface area contributed by atoms with E-state index in [1.807, 2.05) is 29.2 Å². The predicted molar refractivity (Wildman–Crippen MR) is 123 cm³/mol. The zero-order valence-electron chi connectivity index (χ0n) is 18.6. The molecule has 0 aliphatic carbocycles. The minimum atomic E-state index is -3.34. The molecule has 1 heterocycles. The van der Waals surface area contributed by atoms with Crippen LogP contribution in [0.5, 0.6) is 5.75 Å². The monoisotopic (exact) mass is 459 g/mol. The Hall–Kier alpha value is -3.07. The lowest BCUT2D eigenvalue weighted by molar-refractivity contribution is -0.128. The van der Waals surface area contributed by atoms with Gasteiger partial charge in [-0.25, -0.2) is 8.42 Å². The molecular weight excluding hydrogens is 430 g/mol. The van der Waals surface area contributed by atoms with Crippen molar-refractivity contribution in [1.82, 2.24) is 10.2 Å². The predicted octanol–water partition coefficient (Wildman–Crippen LogP) is 2.29. The van der Waals surface area contributed by atoms with Crippen molar-refractivity contribution >= 4 is 27.5 Å². The van der Waals surface area contributed by atoms with Gasteiger partial charge in [-0.05, 0) is 48.7 Å². The van der Waals surface area contributed by atoms with Crippen LogP contribution in [0.2, 0.25) is 0 Å². The number of hydrogen-bond acceptors (Lipinski definition) is 5. The van der Waals surface area contributed by atoms with Gasteiger partial charge in [-0.2, -0.15) is 0 Å². The number of hydrogen-bond donors (Lipinski definition) is 1. The first-order valence-electron chi connectivity index (χ1n) is 10.5. The Morgan fingerprint density at radius 1 is 1.12 bits per heavy atom. The molecule has 2 amide bonds. The molecule has 0 unspecified atom stereocenters. The number of benzene rings is 2. The van der Waals surface area contributed by atoms with E-state index in [2.05, 4.69) is 5.32 Å². The number of nitrogens with one attached hydrogen (secondary N) is 1. The van der Waals surface area contributed by atoms with Gasteiger partial charge >= 0.3 is 0 Å². The summed E-state index contributed by atoms with van der Waals surface area (Å²) in [7, 11) is -1.87. The molecule has 1 N–H and O–H groups in total. The van der Waals surface area contributed by atoms with E-state index in [1.54, 1.807) is 31.2 Å². The highest BCUT2D eigenvalue weighted by molar-refractivity contribution is 7.92. The second-order valence-corrected chi connectivity index (χ2v) is 9.95. The van der Waals surface area contributed by atoms with Crippen molar-refractivity contribution in [3.8, 4) is 5.75 Å². The van der Waals surface area contributed by atoms with E-state index in [4.69, 9.17) is 4.74 Å². The van der Waals surface area contributed by atoms with Gasteiger partial charge in [0.25, 0.3) is 5.91 Å². The highest BCUT2D eigenvalue weighted by atomic mass is 32.2. The summed E-state index contributed by atoms with van der Waals surface area (Å²) in [5, 5.41) is 2.85. The van der Waals surface area contributed by atoms with Crippen LogP contribution in [0.15, 0.2) is 48.5 Å². The molecule has 1 aliphatic heterocycles. The molecule has 1 saturated heterocycles. The number of ether oxygens (including phenoxy) is 1. The zero-order chi connectivity index (χ0) is 23.3. The van der Waals surface area contributed by atoms with Gasteiger partial charge in [-0.3, -0.25) is 13.9 Å². The smallest absolute Gasteiger partial charge is 0.261 e. The average Bonchev–Trinajstić information content (AvgIpc) is 3.16. The number of nitrogens with zero attached hydrogens (tertiary/aromatic N) is 2. The molecule has 3 rings (SSSR count). The number of likely N-dealkylation sites (tertiary alicyclic amines) is 1. The van der Waals surface area contributed by atoms with E-state index in [-0.39, 0.29) is 11.8 Å². The van der Waals surface area contributed by atoms with Gasteiger partial charge < -0.3 is 15.0 Å². The number of amides is 2. The summed E-state index contributed by atoms with van der Waals surface area (Å²) < 4.78 is 30.1. The fourth-order valence-electron chi connectivity index (χ4n) is 3.37. The van der Waals surface area contributed by atoms with Crippen molar-refractivity contribution < 1.29 is 22.7 Å². The minimum Gasteiger partial charge on any atom is -0.481 e. The Morgan fingerprint density at radius 2 is 1.75 bits per heavy atom. The first-order chi connectivity index (χ1) is 15.1. The quantitative estimate of drug-likeness (QED) is 0.621. The van der Waals surface area contributed by atoms with Gasteiger partial charge in [0.1, 0.15) is 5.75 Å². The van der Waals surface area contributed by atoms with Crippen LogP contribution in [-0.2, 0) is 32.7 Å². The molecular formula is C23H29N3O5S. The summed E-state index contributed by atoms with van der Waals surface area (Å²) in [5.41, 5.74) is 2.53. The average molecular weight is 460 g/mol. The third-order valence-corrected chi connectivity index (χ3v) is 6.62. The normalized spacial score (nSPS) is 14.8. The van der Waals surface area contributed by atoms with E-state index < -0.39 is 16.1 Å². The highest BCUT2D eigenvalue weighted by Crippen LogP contribution is 2.21. The van der Waals surface area contributed by atoms with Crippen molar-refractivity contribution in [2.24, 2.45) is 0 Å². The first-order valence-corrected chi connectivity index (χ1v) is 12.3. The minimum absolute atomic E-state index is 0.201. The van der Waals surface area contributed by atoms with Crippen LogP contribution in [0.1, 0.15) is 30.9 Å². The lowest BCUT2D eigenvalue weighted by Crippen LogP contribution is -2.35. The summed E-state index contributed by atoms with van der Waals surface area (Å²) in [4.78, 5) is 26.0. The molecule has 1 fully saturated rings. The maximum atomic E-state index is 12.4. The molecule has 1 atom stereocenters. The molecule has 172 valence electrons. The van der Waals surface area contributed by atoms with Crippen molar-refractivity contribution in [3.63, 3.8) is 0 Å². The number of sulfonamides is 1. The van der Waals surface area contributed by atoms with Gasteiger partial charge in [0.2, 0.25) is 15.9 Å². The van der Waals surface area contributed by atoms with E-state index in [9.17, 15) is 18.0 Å². The fraction of sp³-hybridized carbons (Fsp3) is 0.391. The van der Waals surface area contributed by atoms with E-state index in [1.165, 1.54) is 11.4 Å². The maximum Gasteiger partial charge on any atom is 0.261 e. The molecule has 32 heavy (non-hydrogen) atoms. The molecule has 9 heteroatoms. The Morgan fingerprint density at radius 3 is 2.31 bits per heavy atom. The molecule has 2 aromatic carbocycles. The largest absolute Gasteiger partial charge is 0.481 e. The Kier molecular flexibility index (Phi) is 7.40. The summed E-state index contributed by atoms with van der Waals surface area (Å²) in [5.74, 6) is 0.417. The van der Waals surface area contributed by atoms with Crippen LogP contribution in [0.25, 0.3) is 0 Å². The third kappa shape index (κ3) is 6.23. The zero-order valence-corrected chi connectivity index (χ0v) is 19.4. The summed E-state index contributed by atoms with van der Waals surface area (Å²) in [6.07, 6.45) is 1.97. The third-order valence-electron chi connectivity index (χ3n) is 5.41. The SMILES string of the molecule is C[C@@H](Oc1ccc(N(C)S(C)(=O)=O)cc1)C(=O)NCc1ccc(CN2CCCC2=O)cc1. The summed E-state index contributed by atoms with van der Waals surface area (Å²) >= 11 is 0. The molecule has 0 saturated carbocycles. The van der Waals surface area contributed by atoms with Crippen molar-refractivity contribution in [2.75, 3.05) is 24.2 Å². The molecule has 0 aromatic heterocycles. The van der Waals surface area contributed by atoms with Crippen LogP contribution in [0.4, 0.5) is 5.69 Å². The standard InChI is InChI=1S/C23H29N3O5S/c1-17(31-21-12-10-20(11-13-21)25(2)32(3,29)30)23(28)24-15-18-6-8-19(9-7-18)16-26-14-4-5-22(26)27/h6-13,17H,4-5,14-16H2,1-3H3,(H,24,28)/t17-/m1/s1. The van der Waals surface area contributed by atoms with Gasteiger partial charge in [0, 0.05) is 33.1 Å². The van der Waals surface area contributed by atoms with Crippen LogP contribution >= 0.6 is 0 Å². The lowest BCUT2D eigenvalue weighted by atomic mass is 10.1. The van der Waals surface area contributed by atoms with E-state index in [0.717, 1.165) is 30.3 Å². The van der Waals surface area contributed by atoms with Crippen molar-refractivity contribution in [2.45, 2.75) is 39.0 Å².